The van der Waals surface area contributed by atoms with Crippen molar-refractivity contribution in [1.82, 2.24) is 0 Å². The lowest BCUT2D eigenvalue weighted by Crippen LogP contribution is -1.94. The van der Waals surface area contributed by atoms with Gasteiger partial charge in [-0.1, -0.05) is 32.1 Å². The zero-order valence-corrected chi connectivity index (χ0v) is 7.43. The molecule has 0 saturated carbocycles. The second-order valence-electron chi connectivity index (χ2n) is 2.53. The molecule has 11 heavy (non-hydrogen) atoms. The molecule has 0 radical (unpaired) electrons. The van der Waals surface area contributed by atoms with Crippen molar-refractivity contribution >= 4 is 0 Å². The molecule has 0 fully saturated rings. The van der Waals surface area contributed by atoms with Crippen LogP contribution in [0.1, 0.15) is 26.7 Å². The minimum absolute atomic E-state index is 0.761. The summed E-state index contributed by atoms with van der Waals surface area (Å²) < 4.78 is 0. The molecular weight excluding hydrogens is 134 g/mol. The Morgan fingerprint density at radius 3 is 2.64 bits per heavy atom. The van der Waals surface area contributed by atoms with Gasteiger partial charge in [-0.05, 0) is 25.0 Å². The van der Waals surface area contributed by atoms with E-state index in [2.05, 4.69) is 19.6 Å². The summed E-state index contributed by atoms with van der Waals surface area (Å²) in [5.41, 5.74) is 7.46. The van der Waals surface area contributed by atoms with Crippen LogP contribution in [0, 0.1) is 0 Å². The summed E-state index contributed by atoms with van der Waals surface area (Å²) in [5, 5.41) is 0. The van der Waals surface area contributed by atoms with Gasteiger partial charge in [-0.15, -0.1) is 0 Å². The monoisotopic (exact) mass is 151 g/mol. The fourth-order valence-corrected chi connectivity index (χ4v) is 0.684. The van der Waals surface area contributed by atoms with Crippen LogP contribution >= 0.6 is 0 Å². The predicted octanol–water partition coefficient (Wildman–Crippen LogP) is 2.76. The van der Waals surface area contributed by atoms with Gasteiger partial charge in [-0.25, -0.2) is 0 Å². The van der Waals surface area contributed by atoms with Gasteiger partial charge in [0.25, 0.3) is 0 Å². The van der Waals surface area contributed by atoms with Crippen LogP contribution in [0.3, 0.4) is 0 Å². The fraction of sp³-hybridized carbons (Fsp3) is 0.400. The molecule has 0 bridgehead atoms. The van der Waals surface area contributed by atoms with E-state index in [0.29, 0.717) is 0 Å². The van der Waals surface area contributed by atoms with Crippen molar-refractivity contribution in [3.8, 4) is 0 Å². The van der Waals surface area contributed by atoms with E-state index in [0.717, 1.165) is 17.7 Å². The predicted molar refractivity (Wildman–Crippen MR) is 51.1 cm³/mol. The third kappa shape index (κ3) is 4.43. The molecule has 2 N–H and O–H groups in total. The van der Waals surface area contributed by atoms with Crippen molar-refractivity contribution in [1.29, 1.82) is 0 Å². The minimum atomic E-state index is 0.761. The van der Waals surface area contributed by atoms with Crippen LogP contribution in [0.4, 0.5) is 0 Å². The van der Waals surface area contributed by atoms with Crippen molar-refractivity contribution in [2.24, 2.45) is 5.73 Å². The summed E-state index contributed by atoms with van der Waals surface area (Å²) in [5.74, 6) is 0. The molecule has 62 valence electrons. The Bertz CT molecular complexity index is 175. The average molecular weight is 151 g/mol. The van der Waals surface area contributed by atoms with Gasteiger partial charge in [-0.2, -0.15) is 0 Å². The molecule has 0 aromatic carbocycles. The largest absolute Gasteiger partial charge is 0.399 e. The topological polar surface area (TPSA) is 26.0 Å². The van der Waals surface area contributed by atoms with E-state index in [1.54, 1.807) is 6.08 Å². The third-order valence-electron chi connectivity index (χ3n) is 1.50. The molecule has 0 aliphatic carbocycles. The number of nitrogens with two attached hydrogens (primary N) is 1. The van der Waals surface area contributed by atoms with Crippen molar-refractivity contribution in [2.45, 2.75) is 26.7 Å². The SMILES string of the molecule is C=C/C(N)=C(C)\C=C/CCC. The normalized spacial score (nSPS) is 13.3. The molecule has 1 nitrogen and oxygen atoms in total. The maximum Gasteiger partial charge on any atom is 0.0337 e. The van der Waals surface area contributed by atoms with E-state index in [-0.39, 0.29) is 0 Å². The van der Waals surface area contributed by atoms with Crippen LogP contribution in [0.5, 0.6) is 0 Å². The maximum atomic E-state index is 5.61. The Balaban J connectivity index is 4.03. The van der Waals surface area contributed by atoms with Crippen LogP contribution in [0.25, 0.3) is 0 Å². The number of allylic oxidation sites excluding steroid dienone is 4. The Kier molecular flexibility index (Phi) is 5.26. The maximum absolute atomic E-state index is 5.61. The Hall–Kier alpha value is -0.980. The molecule has 0 aliphatic rings. The standard InChI is InChI=1S/C10H17N/c1-4-6-7-8-9(3)10(11)5-2/h5,7-8H,2,4,6,11H2,1,3H3/b8-7-,10-9+. The van der Waals surface area contributed by atoms with Crippen LogP contribution in [-0.4, -0.2) is 0 Å². The van der Waals surface area contributed by atoms with Crippen molar-refractivity contribution in [3.63, 3.8) is 0 Å². The zero-order valence-electron chi connectivity index (χ0n) is 7.43. The molecule has 0 aromatic heterocycles. The summed E-state index contributed by atoms with van der Waals surface area (Å²) in [6.45, 7) is 7.74. The number of hydrogen-bond acceptors (Lipinski definition) is 1. The van der Waals surface area contributed by atoms with Gasteiger partial charge in [0.1, 0.15) is 0 Å². The van der Waals surface area contributed by atoms with Crippen LogP contribution in [-0.2, 0) is 0 Å². The first-order valence-electron chi connectivity index (χ1n) is 3.97. The van der Waals surface area contributed by atoms with Gasteiger partial charge in [0.15, 0.2) is 0 Å². The highest BCUT2D eigenvalue weighted by atomic mass is 14.6. The highest BCUT2D eigenvalue weighted by Gasteiger charge is 1.86. The van der Waals surface area contributed by atoms with Gasteiger partial charge >= 0.3 is 0 Å². The van der Waals surface area contributed by atoms with Gasteiger partial charge in [-0.3, -0.25) is 0 Å². The molecule has 0 saturated heterocycles. The smallest absolute Gasteiger partial charge is 0.0337 e. The summed E-state index contributed by atoms with van der Waals surface area (Å²) in [4.78, 5) is 0. The van der Waals surface area contributed by atoms with Gasteiger partial charge in [0, 0.05) is 5.70 Å². The summed E-state index contributed by atoms with van der Waals surface area (Å²) in [7, 11) is 0. The van der Waals surface area contributed by atoms with Crippen LogP contribution in [0.2, 0.25) is 0 Å². The molecule has 0 atom stereocenters. The number of rotatable bonds is 4. The van der Waals surface area contributed by atoms with E-state index in [1.165, 1.54) is 6.42 Å². The lowest BCUT2D eigenvalue weighted by molar-refractivity contribution is 0.957. The van der Waals surface area contributed by atoms with E-state index in [1.807, 2.05) is 13.0 Å². The molecule has 0 unspecified atom stereocenters. The number of hydrogen-bond donors (Lipinski definition) is 1. The Labute approximate surface area is 69.3 Å². The second kappa shape index (κ2) is 5.78. The molecule has 0 heterocycles. The average Bonchev–Trinajstić information content (AvgIpc) is 2.03. The molecule has 0 aliphatic heterocycles. The molecule has 0 amide bonds. The first-order valence-corrected chi connectivity index (χ1v) is 3.97. The first kappa shape index (κ1) is 10.0. The molecule has 1 heteroatoms. The van der Waals surface area contributed by atoms with E-state index in [9.17, 15) is 0 Å². The van der Waals surface area contributed by atoms with Crippen molar-refractivity contribution in [2.75, 3.05) is 0 Å². The minimum Gasteiger partial charge on any atom is -0.399 e. The van der Waals surface area contributed by atoms with E-state index >= 15 is 0 Å². The Morgan fingerprint density at radius 1 is 1.55 bits per heavy atom. The van der Waals surface area contributed by atoms with Crippen molar-refractivity contribution in [3.05, 3.63) is 36.1 Å². The van der Waals surface area contributed by atoms with E-state index < -0.39 is 0 Å². The lowest BCUT2D eigenvalue weighted by atomic mass is 10.2. The summed E-state index contributed by atoms with van der Waals surface area (Å²) in [6, 6.07) is 0. The highest BCUT2D eigenvalue weighted by molar-refractivity contribution is 5.27. The number of unbranched alkanes of at least 4 members (excludes halogenated alkanes) is 1. The lowest BCUT2D eigenvalue weighted by Gasteiger charge is -1.95. The highest BCUT2D eigenvalue weighted by Crippen LogP contribution is 2.01. The van der Waals surface area contributed by atoms with Gasteiger partial charge < -0.3 is 5.73 Å². The first-order chi connectivity index (χ1) is 5.22. The van der Waals surface area contributed by atoms with Gasteiger partial charge in [0.05, 0.1) is 0 Å². The van der Waals surface area contributed by atoms with Crippen LogP contribution in [0.15, 0.2) is 36.1 Å². The third-order valence-corrected chi connectivity index (χ3v) is 1.50. The van der Waals surface area contributed by atoms with Crippen LogP contribution < -0.4 is 5.73 Å². The quantitative estimate of drug-likeness (QED) is 0.614. The summed E-state index contributed by atoms with van der Waals surface area (Å²) >= 11 is 0. The van der Waals surface area contributed by atoms with E-state index in [4.69, 9.17) is 5.73 Å². The van der Waals surface area contributed by atoms with Crippen molar-refractivity contribution < 1.29 is 0 Å². The molecule has 0 rings (SSSR count). The van der Waals surface area contributed by atoms with Gasteiger partial charge in [0.2, 0.25) is 0 Å². The Morgan fingerprint density at radius 2 is 2.18 bits per heavy atom. The zero-order chi connectivity index (χ0) is 8.69. The fourth-order valence-electron chi connectivity index (χ4n) is 0.684. The molecular formula is C10H17N. The molecule has 0 spiro atoms. The molecule has 0 aromatic rings. The second-order valence-corrected chi connectivity index (χ2v) is 2.53. The summed E-state index contributed by atoms with van der Waals surface area (Å²) in [6.07, 6.45) is 8.14.